The monoisotopic (exact) mass is 651 g/mol. The fourth-order valence-corrected chi connectivity index (χ4v) is 9.33. The van der Waals surface area contributed by atoms with Gasteiger partial charge in [-0.15, -0.1) is 18.3 Å². The summed E-state index contributed by atoms with van der Waals surface area (Å²) < 4.78 is 20.3. The molecule has 8 atom stereocenters. The van der Waals surface area contributed by atoms with Crippen LogP contribution in [0.2, 0.25) is 0 Å². The number of ketones is 1. The first-order valence-corrected chi connectivity index (χ1v) is 16.9. The predicted molar refractivity (Wildman–Crippen MR) is 176 cm³/mol. The van der Waals surface area contributed by atoms with E-state index in [-0.39, 0.29) is 45.7 Å². The number of halogens is 1. The zero-order valence-electron chi connectivity index (χ0n) is 26.8. The van der Waals surface area contributed by atoms with Gasteiger partial charge in [0.05, 0.1) is 11.9 Å². The van der Waals surface area contributed by atoms with Crippen LogP contribution in [0, 0.1) is 39.8 Å². The first-order chi connectivity index (χ1) is 21.6. The molecule has 0 radical (unpaired) electrons. The molecule has 2 aromatic rings. The lowest BCUT2D eigenvalue weighted by Crippen LogP contribution is -2.63. The van der Waals surface area contributed by atoms with Gasteiger partial charge in [0, 0.05) is 39.3 Å². The first kappa shape index (κ1) is 34.4. The number of carbonyl (C=O) groups excluding carboxylic acids is 3. The van der Waals surface area contributed by atoms with Crippen molar-refractivity contribution >= 4 is 47.7 Å². The molecule has 0 heterocycles. The third kappa shape index (κ3) is 6.07. The van der Waals surface area contributed by atoms with Crippen molar-refractivity contribution < 1.29 is 38.7 Å². The number of rotatable bonds is 8. The molecule has 2 bridgehead atoms. The molecule has 4 N–H and O–H groups in total. The number of nitrogens with one attached hydrogen (secondary N) is 1. The van der Waals surface area contributed by atoms with Crippen LogP contribution < -0.4 is 10.8 Å². The number of aliphatic hydroxyl groups is 1. The third-order valence-corrected chi connectivity index (χ3v) is 12.5. The number of thioether (sulfide) groups is 1. The Kier molecular flexibility index (Phi) is 9.63. The van der Waals surface area contributed by atoms with Gasteiger partial charge in [0.25, 0.3) is 5.91 Å². The second-order valence-corrected chi connectivity index (χ2v) is 15.0. The Balaban J connectivity index is 1.33. The summed E-state index contributed by atoms with van der Waals surface area (Å²) in [6.45, 7) is 12.3. The summed E-state index contributed by atoms with van der Waals surface area (Å²) in [5.41, 5.74) is -1.48. The minimum Gasteiger partial charge on any atom is -0.461 e. The number of anilines is 1. The average molecular weight is 652 g/mol. The SMILES string of the molecule is C=C[C@]1(C)C[C@@H](OC(=O)CSc2cccc(NC(=O)c3cc(F)cc(B(O)O)c3)c2)[C@]2(C)[C@H](C)CC[C@]3(CCC(=O)[C@H]32)[C@@H](C)[C@@H]1O. The van der Waals surface area contributed by atoms with Gasteiger partial charge in [-0.2, -0.15) is 0 Å². The summed E-state index contributed by atoms with van der Waals surface area (Å²) in [5.74, 6) is -1.96. The van der Waals surface area contributed by atoms with Crippen molar-refractivity contribution in [2.24, 2.45) is 34.0 Å². The molecule has 3 aliphatic carbocycles. The molecule has 3 fully saturated rings. The third-order valence-electron chi connectivity index (χ3n) is 11.5. The van der Waals surface area contributed by atoms with Gasteiger partial charge in [-0.05, 0) is 84.8 Å². The van der Waals surface area contributed by atoms with Crippen LogP contribution in [0.25, 0.3) is 0 Å². The lowest BCUT2D eigenvalue weighted by molar-refractivity contribution is -0.205. The second-order valence-electron chi connectivity index (χ2n) is 14.0. The Morgan fingerprint density at radius 1 is 1.17 bits per heavy atom. The van der Waals surface area contributed by atoms with Crippen LogP contribution >= 0.6 is 11.8 Å². The number of carbonyl (C=O) groups is 3. The first-order valence-electron chi connectivity index (χ1n) is 15.9. The number of benzene rings is 2. The van der Waals surface area contributed by atoms with E-state index in [1.807, 2.05) is 6.92 Å². The molecule has 2 aromatic carbocycles. The number of amides is 1. The highest BCUT2D eigenvalue weighted by Crippen LogP contribution is 2.68. The fraction of sp³-hybridized carbons (Fsp3) is 0.514. The Morgan fingerprint density at radius 2 is 1.91 bits per heavy atom. The molecular formula is C35H43BFNO7S. The van der Waals surface area contributed by atoms with Crippen LogP contribution in [-0.4, -0.2) is 57.9 Å². The van der Waals surface area contributed by atoms with Crippen LogP contribution in [0.3, 0.4) is 0 Å². The highest BCUT2D eigenvalue weighted by Gasteiger charge is 2.68. The fourth-order valence-electron chi connectivity index (χ4n) is 8.60. The molecule has 0 aromatic heterocycles. The van der Waals surface area contributed by atoms with E-state index in [0.717, 1.165) is 31.4 Å². The molecule has 0 saturated heterocycles. The number of aliphatic hydroxyl groups excluding tert-OH is 1. The van der Waals surface area contributed by atoms with Gasteiger partial charge in [-0.3, -0.25) is 14.4 Å². The Labute approximate surface area is 274 Å². The summed E-state index contributed by atoms with van der Waals surface area (Å²) in [6, 6.07) is 9.95. The van der Waals surface area contributed by atoms with Crippen molar-refractivity contribution in [3.05, 3.63) is 66.5 Å². The Hall–Kier alpha value is -2.99. The van der Waals surface area contributed by atoms with Gasteiger partial charge >= 0.3 is 13.1 Å². The van der Waals surface area contributed by atoms with Crippen molar-refractivity contribution in [3.63, 3.8) is 0 Å². The number of ether oxygens (including phenoxy) is 1. The van der Waals surface area contributed by atoms with Gasteiger partial charge in [-0.25, -0.2) is 4.39 Å². The van der Waals surface area contributed by atoms with E-state index in [1.54, 1.807) is 30.3 Å². The Bertz CT molecular complexity index is 1540. The molecule has 0 spiro atoms. The largest absolute Gasteiger partial charge is 0.488 e. The van der Waals surface area contributed by atoms with E-state index >= 15 is 0 Å². The molecule has 246 valence electrons. The number of esters is 1. The summed E-state index contributed by atoms with van der Waals surface area (Å²) >= 11 is 1.23. The standard InChI is InChI=1S/C35H43BFNO7S/c1-6-33(4)18-28(34(5)20(2)10-12-35(21(3)31(33)41)13-11-27(39)30(34)35)45-29(40)19-46-26-9-7-8-25(17-26)38-32(42)22-14-23(36(43)44)16-24(37)15-22/h6-9,14-17,20-21,28,30-31,41,43-44H,1,10-13,18-19H2,2-5H3,(H,38,42)/t20-,21+,28-,30+,31+,33-,34+,35+/m1/s1. The summed E-state index contributed by atoms with van der Waals surface area (Å²) in [6.07, 6.45) is 3.75. The number of hydrogen-bond acceptors (Lipinski definition) is 8. The topological polar surface area (TPSA) is 133 Å². The summed E-state index contributed by atoms with van der Waals surface area (Å²) in [4.78, 5) is 40.6. The molecule has 3 aliphatic rings. The molecule has 5 rings (SSSR count). The highest BCUT2D eigenvalue weighted by molar-refractivity contribution is 8.00. The normalized spacial score (nSPS) is 33.7. The van der Waals surface area contributed by atoms with E-state index in [0.29, 0.717) is 23.4 Å². The van der Waals surface area contributed by atoms with Crippen LogP contribution in [0.5, 0.6) is 0 Å². The van der Waals surface area contributed by atoms with E-state index in [9.17, 15) is 33.9 Å². The second kappa shape index (κ2) is 12.9. The molecule has 3 saturated carbocycles. The van der Waals surface area contributed by atoms with Crippen molar-refractivity contribution in [2.75, 3.05) is 11.1 Å². The molecule has 46 heavy (non-hydrogen) atoms. The van der Waals surface area contributed by atoms with Gasteiger partial charge in [0.2, 0.25) is 0 Å². The van der Waals surface area contributed by atoms with E-state index in [1.165, 1.54) is 17.8 Å². The minimum absolute atomic E-state index is 0.0203. The van der Waals surface area contributed by atoms with Gasteiger partial charge < -0.3 is 25.2 Å². The van der Waals surface area contributed by atoms with Gasteiger partial charge in [-0.1, -0.05) is 39.8 Å². The summed E-state index contributed by atoms with van der Waals surface area (Å²) in [7, 11) is -1.92. The lowest BCUT2D eigenvalue weighted by Gasteiger charge is -2.61. The van der Waals surface area contributed by atoms with E-state index < -0.39 is 47.9 Å². The smallest absolute Gasteiger partial charge is 0.461 e. The van der Waals surface area contributed by atoms with Gasteiger partial charge in [0.1, 0.15) is 17.7 Å². The number of Topliss-reactive ketones (excluding diaryl/α,β-unsaturated/α-hetero) is 1. The quantitative estimate of drug-likeness (QED) is 0.139. The van der Waals surface area contributed by atoms with Crippen LogP contribution in [0.4, 0.5) is 10.1 Å². The predicted octanol–water partition coefficient (Wildman–Crippen LogP) is 4.76. The maximum absolute atomic E-state index is 14.0. The van der Waals surface area contributed by atoms with Gasteiger partial charge in [0.15, 0.2) is 0 Å². The van der Waals surface area contributed by atoms with Crippen molar-refractivity contribution in [1.82, 2.24) is 0 Å². The zero-order chi connectivity index (χ0) is 33.6. The highest BCUT2D eigenvalue weighted by atomic mass is 32.2. The molecule has 8 nitrogen and oxygen atoms in total. The van der Waals surface area contributed by atoms with Crippen molar-refractivity contribution in [2.45, 2.75) is 76.9 Å². The molecule has 0 aliphatic heterocycles. The zero-order valence-corrected chi connectivity index (χ0v) is 27.6. The van der Waals surface area contributed by atoms with E-state index in [2.05, 4.69) is 32.7 Å². The maximum Gasteiger partial charge on any atom is 0.488 e. The molecule has 11 heteroatoms. The Morgan fingerprint density at radius 3 is 2.61 bits per heavy atom. The summed E-state index contributed by atoms with van der Waals surface area (Å²) in [5, 5.41) is 33.2. The van der Waals surface area contributed by atoms with Crippen LogP contribution in [-0.2, 0) is 14.3 Å². The van der Waals surface area contributed by atoms with Crippen molar-refractivity contribution in [3.8, 4) is 0 Å². The lowest BCUT2D eigenvalue weighted by atomic mass is 9.44. The minimum atomic E-state index is -1.92. The average Bonchev–Trinajstić information content (AvgIpc) is 3.38. The molecular weight excluding hydrogens is 608 g/mol. The van der Waals surface area contributed by atoms with Crippen molar-refractivity contribution in [1.29, 1.82) is 0 Å². The van der Waals surface area contributed by atoms with Crippen LogP contribution in [0.1, 0.15) is 70.2 Å². The maximum atomic E-state index is 14.0. The van der Waals surface area contributed by atoms with E-state index in [4.69, 9.17) is 4.74 Å². The molecule has 0 unspecified atom stereocenters. The molecule has 1 amide bonds. The van der Waals surface area contributed by atoms with Crippen LogP contribution in [0.15, 0.2) is 60.0 Å². The number of hydrogen-bond donors (Lipinski definition) is 4.